The minimum absolute atomic E-state index is 0.112. The molecule has 18 heavy (non-hydrogen) atoms. The Hall–Kier alpha value is -1.62. The number of hydrogen-bond donors (Lipinski definition) is 2. The number of benzene rings is 1. The van der Waals surface area contributed by atoms with Crippen LogP contribution in [0.15, 0.2) is 24.3 Å². The molecule has 0 saturated heterocycles. The predicted octanol–water partition coefficient (Wildman–Crippen LogP) is 2.48. The maximum atomic E-state index is 11.0. The van der Waals surface area contributed by atoms with Crippen LogP contribution in [0, 0.1) is 0 Å². The van der Waals surface area contributed by atoms with Crippen molar-refractivity contribution in [3.8, 4) is 5.75 Å². The molecule has 0 fully saturated rings. The van der Waals surface area contributed by atoms with E-state index in [1.807, 2.05) is 24.3 Å². The van der Waals surface area contributed by atoms with E-state index in [0.29, 0.717) is 23.0 Å². The Morgan fingerprint density at radius 1 is 1.39 bits per heavy atom. The topological polar surface area (TPSA) is 64.3 Å². The molecule has 4 nitrogen and oxygen atoms in total. The molecular formula is C13H18N2O2S. The normalized spacial score (nSPS) is 9.83. The number of para-hydroxylation sites is 2. The Kier molecular flexibility index (Phi) is 6.14. The van der Waals surface area contributed by atoms with E-state index in [1.165, 1.54) is 6.92 Å². The summed E-state index contributed by atoms with van der Waals surface area (Å²) >= 11 is 4.80. The summed E-state index contributed by atoms with van der Waals surface area (Å²) in [6, 6.07) is 7.37. The number of rotatable bonds is 7. The molecule has 0 heterocycles. The smallest absolute Gasteiger partial charge is 0.221 e. The van der Waals surface area contributed by atoms with E-state index < -0.39 is 0 Å². The second-order valence-electron chi connectivity index (χ2n) is 3.95. The zero-order chi connectivity index (χ0) is 13.4. The van der Waals surface area contributed by atoms with Crippen LogP contribution >= 0.6 is 12.2 Å². The molecule has 1 aromatic carbocycles. The maximum absolute atomic E-state index is 11.0. The third-order valence-corrected chi connectivity index (χ3v) is 2.48. The van der Waals surface area contributed by atoms with Gasteiger partial charge < -0.3 is 15.8 Å². The van der Waals surface area contributed by atoms with Crippen molar-refractivity contribution in [2.75, 3.05) is 11.9 Å². The fourth-order valence-corrected chi connectivity index (χ4v) is 1.61. The number of nitrogens with two attached hydrogens (primary N) is 1. The first-order valence-corrected chi connectivity index (χ1v) is 6.28. The van der Waals surface area contributed by atoms with Crippen LogP contribution in [0.4, 0.5) is 5.69 Å². The maximum Gasteiger partial charge on any atom is 0.221 e. The van der Waals surface area contributed by atoms with Crippen LogP contribution in [0.25, 0.3) is 0 Å². The van der Waals surface area contributed by atoms with Crippen LogP contribution in [0.1, 0.15) is 26.2 Å². The Morgan fingerprint density at radius 3 is 2.78 bits per heavy atom. The molecule has 5 heteroatoms. The highest BCUT2D eigenvalue weighted by molar-refractivity contribution is 7.80. The third kappa shape index (κ3) is 5.63. The Balaban J connectivity index is 2.41. The second kappa shape index (κ2) is 7.66. The fourth-order valence-electron chi connectivity index (χ4n) is 1.47. The lowest BCUT2D eigenvalue weighted by Crippen LogP contribution is -2.09. The van der Waals surface area contributed by atoms with Crippen LogP contribution in [-0.2, 0) is 4.79 Å². The monoisotopic (exact) mass is 266 g/mol. The first-order chi connectivity index (χ1) is 8.59. The van der Waals surface area contributed by atoms with Crippen molar-refractivity contribution >= 4 is 28.8 Å². The van der Waals surface area contributed by atoms with E-state index in [1.54, 1.807) is 0 Å². The summed E-state index contributed by atoms with van der Waals surface area (Å²) in [5.74, 6) is 0.572. The molecular weight excluding hydrogens is 248 g/mol. The molecule has 1 aromatic rings. The van der Waals surface area contributed by atoms with Crippen molar-refractivity contribution in [1.82, 2.24) is 0 Å². The highest BCUT2D eigenvalue weighted by Gasteiger charge is 2.03. The molecule has 0 spiro atoms. The highest BCUT2D eigenvalue weighted by Crippen LogP contribution is 2.23. The minimum atomic E-state index is -0.112. The molecule has 0 saturated carbocycles. The quantitative estimate of drug-likeness (QED) is 0.588. The van der Waals surface area contributed by atoms with Crippen molar-refractivity contribution in [2.45, 2.75) is 26.2 Å². The van der Waals surface area contributed by atoms with E-state index in [-0.39, 0.29) is 5.91 Å². The second-order valence-corrected chi connectivity index (χ2v) is 4.47. The van der Waals surface area contributed by atoms with Crippen LogP contribution in [0.3, 0.4) is 0 Å². The number of hydrogen-bond acceptors (Lipinski definition) is 3. The lowest BCUT2D eigenvalue weighted by atomic mass is 10.2. The first-order valence-electron chi connectivity index (χ1n) is 5.87. The number of carbonyl (C=O) groups is 1. The molecule has 0 radical (unpaired) electrons. The van der Waals surface area contributed by atoms with E-state index in [9.17, 15) is 4.79 Å². The number of carbonyl (C=O) groups excluding carboxylic acids is 1. The van der Waals surface area contributed by atoms with Crippen LogP contribution in [0.5, 0.6) is 5.75 Å². The van der Waals surface area contributed by atoms with Gasteiger partial charge in [0.2, 0.25) is 5.91 Å². The standard InChI is InChI=1S/C13H18N2O2S/c1-10(16)15-11-6-2-3-7-12(11)17-9-5-4-8-13(14)18/h2-3,6-7H,4-5,8-9H2,1H3,(H2,14,18)(H,15,16). The van der Waals surface area contributed by atoms with Gasteiger partial charge >= 0.3 is 0 Å². The molecule has 98 valence electrons. The van der Waals surface area contributed by atoms with Gasteiger partial charge in [0.15, 0.2) is 0 Å². The molecule has 0 unspecified atom stereocenters. The van der Waals surface area contributed by atoms with Gasteiger partial charge in [-0.1, -0.05) is 24.4 Å². The van der Waals surface area contributed by atoms with Gasteiger partial charge in [0.25, 0.3) is 0 Å². The number of thiocarbonyl (C=S) groups is 1. The molecule has 3 N–H and O–H groups in total. The lowest BCUT2D eigenvalue weighted by molar-refractivity contribution is -0.114. The van der Waals surface area contributed by atoms with Gasteiger partial charge in [-0.2, -0.15) is 0 Å². The Morgan fingerprint density at radius 2 is 2.11 bits per heavy atom. The largest absolute Gasteiger partial charge is 0.491 e. The summed E-state index contributed by atoms with van der Waals surface area (Å²) < 4.78 is 5.62. The number of ether oxygens (including phenoxy) is 1. The van der Waals surface area contributed by atoms with Gasteiger partial charge in [-0.25, -0.2) is 0 Å². The van der Waals surface area contributed by atoms with E-state index >= 15 is 0 Å². The lowest BCUT2D eigenvalue weighted by Gasteiger charge is -2.11. The van der Waals surface area contributed by atoms with E-state index in [4.69, 9.17) is 22.7 Å². The van der Waals surface area contributed by atoms with Crippen LogP contribution in [-0.4, -0.2) is 17.5 Å². The summed E-state index contributed by atoms with van der Waals surface area (Å²) in [6.07, 6.45) is 2.54. The van der Waals surface area contributed by atoms with Gasteiger partial charge in [-0.05, 0) is 31.4 Å². The molecule has 0 atom stereocenters. The van der Waals surface area contributed by atoms with Gasteiger partial charge in [0.05, 0.1) is 17.3 Å². The van der Waals surface area contributed by atoms with Gasteiger partial charge in [0.1, 0.15) is 5.75 Å². The molecule has 1 rings (SSSR count). The SMILES string of the molecule is CC(=O)Nc1ccccc1OCCCCC(N)=S. The zero-order valence-electron chi connectivity index (χ0n) is 10.4. The summed E-state index contributed by atoms with van der Waals surface area (Å²) in [5.41, 5.74) is 6.10. The Labute approximate surface area is 113 Å². The molecule has 0 aliphatic heterocycles. The average molecular weight is 266 g/mol. The molecule has 0 bridgehead atoms. The van der Waals surface area contributed by atoms with Crippen LogP contribution in [0.2, 0.25) is 0 Å². The highest BCUT2D eigenvalue weighted by atomic mass is 32.1. The van der Waals surface area contributed by atoms with E-state index in [0.717, 1.165) is 19.3 Å². The zero-order valence-corrected chi connectivity index (χ0v) is 11.3. The van der Waals surface area contributed by atoms with Crippen molar-refractivity contribution in [1.29, 1.82) is 0 Å². The summed E-state index contributed by atoms with van der Waals surface area (Å²) in [5, 5.41) is 2.73. The van der Waals surface area contributed by atoms with Crippen molar-refractivity contribution in [3.63, 3.8) is 0 Å². The number of unbranched alkanes of at least 4 members (excludes halogenated alkanes) is 1. The molecule has 0 aliphatic rings. The summed E-state index contributed by atoms with van der Waals surface area (Å²) in [6.45, 7) is 2.05. The van der Waals surface area contributed by atoms with Gasteiger partial charge in [-0.15, -0.1) is 0 Å². The minimum Gasteiger partial charge on any atom is -0.491 e. The third-order valence-electron chi connectivity index (χ3n) is 2.27. The number of nitrogens with one attached hydrogen (secondary N) is 1. The number of anilines is 1. The fraction of sp³-hybridized carbons (Fsp3) is 0.385. The van der Waals surface area contributed by atoms with E-state index in [2.05, 4.69) is 5.32 Å². The summed E-state index contributed by atoms with van der Waals surface area (Å²) in [7, 11) is 0. The van der Waals surface area contributed by atoms with Crippen molar-refractivity contribution in [2.24, 2.45) is 5.73 Å². The predicted molar refractivity (Wildman–Crippen MR) is 76.9 cm³/mol. The Bertz CT molecular complexity index is 421. The van der Waals surface area contributed by atoms with Gasteiger partial charge in [0, 0.05) is 6.92 Å². The number of amides is 1. The van der Waals surface area contributed by atoms with Gasteiger partial charge in [-0.3, -0.25) is 4.79 Å². The van der Waals surface area contributed by atoms with Crippen LogP contribution < -0.4 is 15.8 Å². The molecule has 0 aromatic heterocycles. The molecule has 1 amide bonds. The average Bonchev–Trinajstić information content (AvgIpc) is 2.29. The van der Waals surface area contributed by atoms with Crippen molar-refractivity contribution in [3.05, 3.63) is 24.3 Å². The summed E-state index contributed by atoms with van der Waals surface area (Å²) in [4.78, 5) is 11.6. The first kappa shape index (κ1) is 14.4. The molecule has 0 aliphatic carbocycles. The van der Waals surface area contributed by atoms with Crippen molar-refractivity contribution < 1.29 is 9.53 Å².